The van der Waals surface area contributed by atoms with Gasteiger partial charge in [0.25, 0.3) is 11.8 Å². The van der Waals surface area contributed by atoms with Crippen LogP contribution in [0.25, 0.3) is 11.4 Å². The Morgan fingerprint density at radius 2 is 1.83 bits per heavy atom. The number of carbonyl (C=O) groups excluding carboxylic acids is 2. The predicted octanol–water partition coefficient (Wildman–Crippen LogP) is 3.65. The third-order valence-corrected chi connectivity index (χ3v) is 4.37. The smallest absolute Gasteiger partial charge is 0.306 e. The number of nitrogens with zero attached hydrogens (tertiary/aromatic N) is 2. The topological polar surface area (TPSA) is 104 Å². The Labute approximate surface area is 178 Å². The molecule has 1 amide bonds. The summed E-state index contributed by atoms with van der Waals surface area (Å²) < 4.78 is 15.3. The van der Waals surface area contributed by atoms with Gasteiger partial charge < -0.3 is 19.3 Å². The number of hydrogen-bond acceptors (Lipinski definition) is 7. The average molecular weight is 430 g/mol. The monoisotopic (exact) mass is 429 g/mol. The maximum atomic E-state index is 12.0. The summed E-state index contributed by atoms with van der Waals surface area (Å²) in [4.78, 5) is 28.0. The zero-order chi connectivity index (χ0) is 21.3. The van der Waals surface area contributed by atoms with Crippen molar-refractivity contribution in [3.05, 3.63) is 65.0 Å². The Morgan fingerprint density at radius 1 is 1.10 bits per heavy atom. The van der Waals surface area contributed by atoms with Gasteiger partial charge in [0.1, 0.15) is 5.75 Å². The molecule has 2 aromatic carbocycles. The van der Waals surface area contributed by atoms with Crippen LogP contribution in [0.3, 0.4) is 0 Å². The van der Waals surface area contributed by atoms with E-state index in [0.717, 1.165) is 11.3 Å². The number of amides is 1. The largest absolute Gasteiger partial charge is 0.497 e. The Morgan fingerprint density at radius 3 is 2.53 bits per heavy atom. The molecule has 0 aliphatic carbocycles. The van der Waals surface area contributed by atoms with Crippen LogP contribution < -0.4 is 10.1 Å². The molecule has 1 aromatic heterocycles. The van der Waals surface area contributed by atoms with Crippen LogP contribution in [0, 0.1) is 0 Å². The summed E-state index contributed by atoms with van der Waals surface area (Å²) in [7, 11) is 1.59. The molecule has 0 fully saturated rings. The van der Waals surface area contributed by atoms with Gasteiger partial charge in [-0.2, -0.15) is 4.98 Å². The quantitative estimate of drug-likeness (QED) is 0.409. The van der Waals surface area contributed by atoms with Gasteiger partial charge in [-0.1, -0.05) is 16.8 Å². The molecule has 0 unspecified atom stereocenters. The van der Waals surface area contributed by atoms with Crippen molar-refractivity contribution in [2.45, 2.75) is 19.4 Å². The number of benzene rings is 2. The second-order valence-corrected chi connectivity index (χ2v) is 6.70. The minimum atomic E-state index is -0.417. The van der Waals surface area contributed by atoms with Crippen molar-refractivity contribution in [1.29, 1.82) is 0 Å². The first-order valence-corrected chi connectivity index (χ1v) is 9.59. The molecule has 30 heavy (non-hydrogen) atoms. The minimum absolute atomic E-state index is 0.112. The maximum Gasteiger partial charge on any atom is 0.306 e. The Balaban J connectivity index is 1.37. The van der Waals surface area contributed by atoms with E-state index in [1.807, 2.05) is 0 Å². The molecule has 1 N–H and O–H groups in total. The number of halogens is 1. The van der Waals surface area contributed by atoms with Crippen molar-refractivity contribution in [1.82, 2.24) is 15.5 Å². The lowest BCUT2D eigenvalue weighted by molar-refractivity contribution is -0.145. The molecule has 1 heterocycles. The summed E-state index contributed by atoms with van der Waals surface area (Å²) >= 11 is 5.79. The zero-order valence-corrected chi connectivity index (χ0v) is 17.0. The fourth-order valence-electron chi connectivity index (χ4n) is 2.52. The molecule has 3 rings (SSSR count). The second-order valence-electron chi connectivity index (χ2n) is 6.27. The lowest BCUT2D eigenvalue weighted by atomic mass is 10.2. The van der Waals surface area contributed by atoms with E-state index in [4.69, 9.17) is 25.6 Å². The number of carbonyl (C=O) groups is 2. The van der Waals surface area contributed by atoms with E-state index in [9.17, 15) is 9.59 Å². The van der Waals surface area contributed by atoms with Gasteiger partial charge in [0, 0.05) is 29.1 Å². The van der Waals surface area contributed by atoms with Crippen molar-refractivity contribution in [3.63, 3.8) is 0 Å². The highest BCUT2D eigenvalue weighted by atomic mass is 35.5. The van der Waals surface area contributed by atoms with Crippen LogP contribution in [0.4, 0.5) is 0 Å². The van der Waals surface area contributed by atoms with Gasteiger partial charge >= 0.3 is 5.97 Å². The summed E-state index contributed by atoms with van der Waals surface area (Å²) in [6.45, 7) is 0.234. The van der Waals surface area contributed by atoms with Crippen LogP contribution in [0.2, 0.25) is 5.02 Å². The lowest BCUT2D eigenvalue weighted by Gasteiger charge is -2.05. The summed E-state index contributed by atoms with van der Waals surface area (Å²) in [5.74, 6) is 0.677. The van der Waals surface area contributed by atoms with Crippen LogP contribution in [0.5, 0.6) is 5.75 Å². The van der Waals surface area contributed by atoms with Crippen molar-refractivity contribution >= 4 is 23.5 Å². The van der Waals surface area contributed by atoms with E-state index in [1.165, 1.54) is 0 Å². The standard InChI is InChI=1S/C21H20ClN3O5/c1-28-17-10-6-14(7-11-17)20-24-18(30-25-20)13-29-19(26)3-2-12-23-21(27)15-4-8-16(22)9-5-15/h4-11H,2-3,12-13H2,1H3,(H,23,27). The molecule has 0 aliphatic rings. The summed E-state index contributed by atoms with van der Waals surface area (Å²) in [5, 5.41) is 7.17. The second kappa shape index (κ2) is 10.4. The van der Waals surface area contributed by atoms with E-state index in [-0.39, 0.29) is 24.8 Å². The van der Waals surface area contributed by atoms with Crippen LogP contribution in [-0.2, 0) is 16.1 Å². The number of esters is 1. The fraction of sp³-hybridized carbons (Fsp3) is 0.238. The molecule has 0 atom stereocenters. The van der Waals surface area contributed by atoms with Gasteiger partial charge in [-0.3, -0.25) is 9.59 Å². The molecule has 0 bridgehead atoms. The summed E-state index contributed by atoms with van der Waals surface area (Å²) in [5.41, 5.74) is 1.26. The van der Waals surface area contributed by atoms with Crippen LogP contribution in [-0.4, -0.2) is 35.7 Å². The molecule has 3 aromatic rings. The molecule has 8 nitrogen and oxygen atoms in total. The van der Waals surface area contributed by atoms with Crippen molar-refractivity contribution in [2.75, 3.05) is 13.7 Å². The first-order valence-electron chi connectivity index (χ1n) is 9.21. The van der Waals surface area contributed by atoms with Crippen LogP contribution >= 0.6 is 11.6 Å². The molecule has 0 radical (unpaired) electrons. The van der Waals surface area contributed by atoms with Crippen molar-refractivity contribution in [2.24, 2.45) is 0 Å². The third-order valence-electron chi connectivity index (χ3n) is 4.12. The number of ether oxygens (including phenoxy) is 2. The van der Waals surface area contributed by atoms with Crippen LogP contribution in [0.1, 0.15) is 29.1 Å². The molecule has 0 aliphatic heterocycles. The van der Waals surface area contributed by atoms with Crippen LogP contribution in [0.15, 0.2) is 53.1 Å². The van der Waals surface area contributed by atoms with Gasteiger partial charge in [0.2, 0.25) is 5.82 Å². The van der Waals surface area contributed by atoms with E-state index in [2.05, 4.69) is 15.5 Å². The van der Waals surface area contributed by atoms with Gasteiger partial charge in [-0.05, 0) is 55.0 Å². The molecular formula is C21H20ClN3O5. The predicted molar refractivity (Wildman–Crippen MR) is 109 cm³/mol. The molecule has 9 heteroatoms. The van der Waals surface area contributed by atoms with E-state index in [1.54, 1.807) is 55.6 Å². The maximum absolute atomic E-state index is 12.0. The lowest BCUT2D eigenvalue weighted by Crippen LogP contribution is -2.24. The SMILES string of the molecule is COc1ccc(-c2noc(COC(=O)CCCNC(=O)c3ccc(Cl)cc3)n2)cc1. The van der Waals surface area contributed by atoms with Gasteiger partial charge in [-0.15, -0.1) is 0 Å². The first-order chi connectivity index (χ1) is 14.5. The molecule has 0 saturated heterocycles. The number of aromatic nitrogens is 2. The van der Waals surface area contributed by atoms with Gasteiger partial charge in [0.15, 0.2) is 6.61 Å². The van der Waals surface area contributed by atoms with Gasteiger partial charge in [0.05, 0.1) is 7.11 Å². The number of nitrogens with one attached hydrogen (secondary N) is 1. The average Bonchev–Trinajstić information content (AvgIpc) is 3.25. The summed E-state index contributed by atoms with van der Waals surface area (Å²) in [6.07, 6.45) is 0.597. The van der Waals surface area contributed by atoms with Crippen molar-refractivity contribution in [3.8, 4) is 17.1 Å². The molecule has 0 spiro atoms. The first kappa shape index (κ1) is 21.3. The minimum Gasteiger partial charge on any atom is -0.497 e. The Bertz CT molecular complexity index is 987. The fourth-order valence-corrected chi connectivity index (χ4v) is 2.65. The highest BCUT2D eigenvalue weighted by Crippen LogP contribution is 2.20. The highest BCUT2D eigenvalue weighted by Gasteiger charge is 2.12. The molecule has 156 valence electrons. The van der Waals surface area contributed by atoms with E-state index in [0.29, 0.717) is 29.4 Å². The Hall–Kier alpha value is -3.39. The zero-order valence-electron chi connectivity index (χ0n) is 16.3. The molecule has 0 saturated carbocycles. The number of hydrogen-bond donors (Lipinski definition) is 1. The Kier molecular flexibility index (Phi) is 7.40. The number of methoxy groups -OCH3 is 1. The van der Waals surface area contributed by atoms with E-state index >= 15 is 0 Å². The van der Waals surface area contributed by atoms with Gasteiger partial charge in [-0.25, -0.2) is 0 Å². The normalized spacial score (nSPS) is 10.5. The molecular weight excluding hydrogens is 410 g/mol. The summed E-state index contributed by atoms with van der Waals surface area (Å²) in [6, 6.07) is 13.7. The highest BCUT2D eigenvalue weighted by molar-refractivity contribution is 6.30. The van der Waals surface area contributed by atoms with Crippen molar-refractivity contribution < 1.29 is 23.6 Å². The van der Waals surface area contributed by atoms with E-state index < -0.39 is 5.97 Å². The number of rotatable bonds is 9. The third kappa shape index (κ3) is 6.05.